The van der Waals surface area contributed by atoms with Crippen LogP contribution in [0, 0.1) is 13.8 Å². The molecule has 3 aromatic rings. The number of rotatable bonds is 5. The fourth-order valence-corrected chi connectivity index (χ4v) is 2.74. The summed E-state index contributed by atoms with van der Waals surface area (Å²) in [5.41, 5.74) is 4.25. The smallest absolute Gasteiger partial charge is 0.274 e. The van der Waals surface area contributed by atoms with Gasteiger partial charge in [0.15, 0.2) is 5.78 Å². The van der Waals surface area contributed by atoms with Gasteiger partial charge in [0.25, 0.3) is 11.8 Å². The highest BCUT2D eigenvalue weighted by molar-refractivity contribution is 6.08. The third kappa shape index (κ3) is 4.93. The lowest BCUT2D eigenvalue weighted by molar-refractivity contribution is 0.100. The van der Waals surface area contributed by atoms with Crippen molar-refractivity contribution in [1.82, 2.24) is 4.98 Å². The molecule has 2 amide bonds. The first kappa shape index (κ1) is 19.9. The van der Waals surface area contributed by atoms with E-state index in [4.69, 9.17) is 0 Å². The van der Waals surface area contributed by atoms with Gasteiger partial charge in [0, 0.05) is 28.7 Å². The average molecular weight is 387 g/mol. The molecule has 2 N–H and O–H groups in total. The number of anilines is 2. The zero-order valence-corrected chi connectivity index (χ0v) is 16.4. The lowest BCUT2D eigenvalue weighted by Crippen LogP contribution is -2.17. The van der Waals surface area contributed by atoms with Crippen molar-refractivity contribution in [3.8, 4) is 0 Å². The van der Waals surface area contributed by atoms with E-state index in [1.807, 2.05) is 32.0 Å². The van der Waals surface area contributed by atoms with Gasteiger partial charge in [-0.15, -0.1) is 0 Å². The number of pyridine rings is 1. The van der Waals surface area contributed by atoms with Crippen LogP contribution in [-0.4, -0.2) is 22.6 Å². The lowest BCUT2D eigenvalue weighted by Gasteiger charge is -2.10. The summed E-state index contributed by atoms with van der Waals surface area (Å²) in [5.74, 6) is -0.806. The third-order valence-electron chi connectivity index (χ3n) is 4.45. The molecule has 3 rings (SSSR count). The number of aryl methyl sites for hydroxylation is 2. The number of nitrogens with zero attached hydrogens (tertiary/aromatic N) is 1. The fourth-order valence-electron chi connectivity index (χ4n) is 2.74. The number of hydrogen-bond acceptors (Lipinski definition) is 4. The van der Waals surface area contributed by atoms with E-state index in [9.17, 15) is 14.4 Å². The van der Waals surface area contributed by atoms with E-state index >= 15 is 0 Å². The van der Waals surface area contributed by atoms with Gasteiger partial charge in [-0.1, -0.05) is 12.1 Å². The van der Waals surface area contributed by atoms with Gasteiger partial charge >= 0.3 is 0 Å². The molecule has 0 fully saturated rings. The molecular weight excluding hydrogens is 366 g/mol. The van der Waals surface area contributed by atoms with Crippen molar-refractivity contribution in [3.05, 3.63) is 88.7 Å². The highest BCUT2D eigenvalue weighted by atomic mass is 16.2. The van der Waals surface area contributed by atoms with Crippen molar-refractivity contribution < 1.29 is 14.4 Å². The Hall–Kier alpha value is -3.80. The van der Waals surface area contributed by atoms with E-state index in [1.54, 1.807) is 24.3 Å². The second-order valence-corrected chi connectivity index (χ2v) is 6.79. The minimum absolute atomic E-state index is 0.0449. The molecule has 146 valence electrons. The Morgan fingerprint density at radius 2 is 1.52 bits per heavy atom. The summed E-state index contributed by atoms with van der Waals surface area (Å²) in [6, 6.07) is 15.4. The van der Waals surface area contributed by atoms with Crippen molar-refractivity contribution >= 4 is 29.0 Å². The summed E-state index contributed by atoms with van der Waals surface area (Å²) < 4.78 is 0. The zero-order chi connectivity index (χ0) is 21.0. The summed E-state index contributed by atoms with van der Waals surface area (Å²) in [4.78, 5) is 40.5. The summed E-state index contributed by atoms with van der Waals surface area (Å²) in [6.45, 7) is 5.33. The van der Waals surface area contributed by atoms with E-state index in [1.165, 1.54) is 25.3 Å². The lowest BCUT2D eigenvalue weighted by atomic mass is 10.1. The Bertz CT molecular complexity index is 1090. The predicted octanol–water partition coefficient (Wildman–Crippen LogP) is 4.41. The minimum atomic E-state index is -0.390. The van der Waals surface area contributed by atoms with Gasteiger partial charge in [-0.2, -0.15) is 0 Å². The number of amides is 2. The first-order chi connectivity index (χ1) is 13.8. The summed E-state index contributed by atoms with van der Waals surface area (Å²) in [7, 11) is 0. The Morgan fingerprint density at radius 1 is 0.793 bits per heavy atom. The van der Waals surface area contributed by atoms with Crippen LogP contribution in [0.25, 0.3) is 0 Å². The van der Waals surface area contributed by atoms with Crippen molar-refractivity contribution in [2.75, 3.05) is 10.6 Å². The van der Waals surface area contributed by atoms with Gasteiger partial charge in [0.2, 0.25) is 0 Å². The molecule has 0 spiro atoms. The van der Waals surface area contributed by atoms with Crippen LogP contribution in [0.5, 0.6) is 0 Å². The topological polar surface area (TPSA) is 88.2 Å². The highest BCUT2D eigenvalue weighted by Gasteiger charge is 2.13. The Labute approximate surface area is 169 Å². The highest BCUT2D eigenvalue weighted by Crippen LogP contribution is 2.18. The van der Waals surface area contributed by atoms with Gasteiger partial charge in [-0.3, -0.25) is 19.4 Å². The van der Waals surface area contributed by atoms with Crippen molar-refractivity contribution in [2.24, 2.45) is 0 Å². The monoisotopic (exact) mass is 387 g/mol. The van der Waals surface area contributed by atoms with Gasteiger partial charge in [-0.25, -0.2) is 0 Å². The molecule has 2 aromatic carbocycles. The fraction of sp³-hybridized carbons (Fsp3) is 0.130. The second kappa shape index (κ2) is 8.48. The molecule has 0 unspecified atom stereocenters. The summed E-state index contributed by atoms with van der Waals surface area (Å²) >= 11 is 0. The molecule has 1 aromatic heterocycles. The molecule has 0 saturated carbocycles. The molecular formula is C23H21N3O3. The molecule has 0 aliphatic rings. The van der Waals surface area contributed by atoms with Gasteiger partial charge in [0.1, 0.15) is 5.69 Å². The van der Waals surface area contributed by atoms with Crippen LogP contribution in [0.3, 0.4) is 0 Å². The summed E-state index contributed by atoms with van der Waals surface area (Å²) in [6.07, 6.45) is 1.42. The van der Waals surface area contributed by atoms with Crippen LogP contribution in [0.1, 0.15) is 49.3 Å². The molecule has 0 radical (unpaired) electrons. The van der Waals surface area contributed by atoms with Crippen molar-refractivity contribution in [2.45, 2.75) is 20.8 Å². The van der Waals surface area contributed by atoms with Gasteiger partial charge < -0.3 is 10.6 Å². The predicted molar refractivity (Wildman–Crippen MR) is 113 cm³/mol. The molecule has 0 atom stereocenters. The Morgan fingerprint density at radius 3 is 2.21 bits per heavy atom. The molecule has 29 heavy (non-hydrogen) atoms. The largest absolute Gasteiger partial charge is 0.322 e. The maximum Gasteiger partial charge on any atom is 0.274 e. The molecule has 0 bridgehead atoms. The number of benzene rings is 2. The molecule has 0 saturated heterocycles. The normalized spacial score (nSPS) is 10.3. The Balaban J connectivity index is 1.74. The van der Waals surface area contributed by atoms with Gasteiger partial charge in [0.05, 0.1) is 0 Å². The minimum Gasteiger partial charge on any atom is -0.322 e. The van der Waals surface area contributed by atoms with Crippen molar-refractivity contribution in [1.29, 1.82) is 0 Å². The first-order valence-electron chi connectivity index (χ1n) is 9.10. The number of ketones is 1. The van der Waals surface area contributed by atoms with E-state index in [0.717, 1.165) is 11.1 Å². The second-order valence-electron chi connectivity index (χ2n) is 6.79. The quantitative estimate of drug-likeness (QED) is 0.635. The molecule has 0 aliphatic carbocycles. The number of Topliss-reactive ketones (excluding diaryl/α,β-unsaturated/α-hetero) is 1. The van der Waals surface area contributed by atoms with Crippen LogP contribution in [0.15, 0.2) is 60.8 Å². The first-order valence-corrected chi connectivity index (χ1v) is 9.10. The van der Waals surface area contributed by atoms with Crippen LogP contribution in [0.2, 0.25) is 0 Å². The van der Waals surface area contributed by atoms with Crippen LogP contribution >= 0.6 is 0 Å². The number of carbonyl (C=O) groups is 3. The van der Waals surface area contributed by atoms with E-state index in [2.05, 4.69) is 15.6 Å². The SMILES string of the molecule is CC(=O)c1ccc(NC(=O)c2ccnc(C(=O)Nc3cc(C)ccc3C)c2)cc1. The van der Waals surface area contributed by atoms with Crippen LogP contribution < -0.4 is 10.6 Å². The molecule has 1 heterocycles. The number of carbonyl (C=O) groups excluding carboxylic acids is 3. The number of hydrogen-bond donors (Lipinski definition) is 2. The maximum atomic E-state index is 12.6. The van der Waals surface area contributed by atoms with Crippen LogP contribution in [-0.2, 0) is 0 Å². The van der Waals surface area contributed by atoms with Gasteiger partial charge in [-0.05, 0) is 74.4 Å². The summed E-state index contributed by atoms with van der Waals surface area (Å²) in [5, 5.41) is 5.58. The average Bonchev–Trinajstić information content (AvgIpc) is 2.71. The van der Waals surface area contributed by atoms with E-state index < -0.39 is 0 Å². The molecule has 6 heteroatoms. The molecule has 0 aliphatic heterocycles. The number of nitrogens with one attached hydrogen (secondary N) is 2. The molecule has 6 nitrogen and oxygen atoms in total. The standard InChI is InChI=1S/C23H21N3O3/c1-14-4-5-15(2)20(12-14)26-23(29)21-13-18(10-11-24-21)22(28)25-19-8-6-17(7-9-19)16(3)27/h4-13H,1-3H3,(H,25,28)(H,26,29). The van der Waals surface area contributed by atoms with Crippen LogP contribution in [0.4, 0.5) is 11.4 Å². The Kier molecular flexibility index (Phi) is 5.83. The van der Waals surface area contributed by atoms with Crippen molar-refractivity contribution in [3.63, 3.8) is 0 Å². The number of aromatic nitrogens is 1. The van der Waals surface area contributed by atoms with E-state index in [0.29, 0.717) is 22.5 Å². The maximum absolute atomic E-state index is 12.6. The third-order valence-corrected chi connectivity index (χ3v) is 4.45. The zero-order valence-electron chi connectivity index (χ0n) is 16.4. The van der Waals surface area contributed by atoms with E-state index in [-0.39, 0.29) is 23.3 Å².